The van der Waals surface area contributed by atoms with Crippen LogP contribution < -0.4 is 10.6 Å². The first-order valence-electron chi connectivity index (χ1n) is 7.59. The number of benzene rings is 1. The van der Waals surface area contributed by atoms with Crippen LogP contribution in [0.1, 0.15) is 19.8 Å². The molecule has 3 N–H and O–H groups in total. The second-order valence-electron chi connectivity index (χ2n) is 5.44. The largest absolute Gasteiger partial charge is 0.396 e. The van der Waals surface area contributed by atoms with Crippen LogP contribution in [0.15, 0.2) is 40.2 Å². The molecular formula is C16H26IN3OS. The van der Waals surface area contributed by atoms with Crippen LogP contribution in [0.3, 0.4) is 0 Å². The van der Waals surface area contributed by atoms with Gasteiger partial charge in [0.2, 0.25) is 0 Å². The SMILES string of the molecule is CCNC(=NCC1(CO)CC1)NCCSc1ccccc1.I. The number of rotatable bonds is 8. The number of halogens is 1. The zero-order valence-corrected chi connectivity index (χ0v) is 16.2. The second kappa shape index (κ2) is 10.3. The highest BCUT2D eigenvalue weighted by molar-refractivity contribution is 14.0. The van der Waals surface area contributed by atoms with Crippen molar-refractivity contribution in [2.45, 2.75) is 24.7 Å². The third-order valence-corrected chi connectivity index (χ3v) is 4.63. The maximum atomic E-state index is 9.33. The third-order valence-electron chi connectivity index (χ3n) is 3.62. The number of thioether (sulfide) groups is 1. The van der Waals surface area contributed by atoms with Crippen LogP contribution in [0.2, 0.25) is 0 Å². The summed E-state index contributed by atoms with van der Waals surface area (Å²) in [4.78, 5) is 5.88. The van der Waals surface area contributed by atoms with Crippen molar-refractivity contribution in [3.63, 3.8) is 0 Å². The van der Waals surface area contributed by atoms with Gasteiger partial charge in [0.1, 0.15) is 0 Å². The summed E-state index contributed by atoms with van der Waals surface area (Å²) < 4.78 is 0. The molecule has 22 heavy (non-hydrogen) atoms. The lowest BCUT2D eigenvalue weighted by molar-refractivity contribution is 0.217. The Kier molecular flexibility index (Phi) is 9.19. The molecular weight excluding hydrogens is 409 g/mol. The lowest BCUT2D eigenvalue weighted by Crippen LogP contribution is -2.39. The second-order valence-corrected chi connectivity index (χ2v) is 6.61. The number of aliphatic imine (C=N–C) groups is 1. The van der Waals surface area contributed by atoms with Crippen molar-refractivity contribution in [3.05, 3.63) is 30.3 Å². The first kappa shape index (κ1) is 19.6. The molecule has 1 aromatic rings. The molecule has 0 amide bonds. The van der Waals surface area contributed by atoms with Crippen molar-refractivity contribution in [2.24, 2.45) is 10.4 Å². The molecule has 4 nitrogen and oxygen atoms in total. The summed E-state index contributed by atoms with van der Waals surface area (Å²) in [5.74, 6) is 1.85. The topological polar surface area (TPSA) is 56.7 Å². The van der Waals surface area contributed by atoms with Crippen LogP contribution in [-0.2, 0) is 0 Å². The van der Waals surface area contributed by atoms with Crippen LogP contribution in [0.25, 0.3) is 0 Å². The van der Waals surface area contributed by atoms with Crippen molar-refractivity contribution >= 4 is 41.7 Å². The van der Waals surface area contributed by atoms with Crippen LogP contribution >= 0.6 is 35.7 Å². The quantitative estimate of drug-likeness (QED) is 0.193. The Morgan fingerprint density at radius 2 is 2.00 bits per heavy atom. The van der Waals surface area contributed by atoms with Gasteiger partial charge in [-0.3, -0.25) is 4.99 Å². The van der Waals surface area contributed by atoms with Gasteiger partial charge in [-0.25, -0.2) is 0 Å². The molecule has 6 heteroatoms. The van der Waals surface area contributed by atoms with Crippen molar-refractivity contribution < 1.29 is 5.11 Å². The van der Waals surface area contributed by atoms with Crippen LogP contribution in [-0.4, -0.2) is 43.1 Å². The van der Waals surface area contributed by atoms with Crippen LogP contribution in [0, 0.1) is 5.41 Å². The Balaban J connectivity index is 0.00000242. The summed E-state index contributed by atoms with van der Waals surface area (Å²) >= 11 is 1.84. The lowest BCUT2D eigenvalue weighted by Gasteiger charge is -2.13. The molecule has 0 aromatic heterocycles. The highest BCUT2D eigenvalue weighted by Crippen LogP contribution is 2.45. The van der Waals surface area contributed by atoms with Gasteiger partial charge in [-0.15, -0.1) is 35.7 Å². The van der Waals surface area contributed by atoms with Crippen molar-refractivity contribution in [1.82, 2.24) is 10.6 Å². The fraction of sp³-hybridized carbons (Fsp3) is 0.562. The lowest BCUT2D eigenvalue weighted by atomic mass is 10.1. The van der Waals surface area contributed by atoms with E-state index in [9.17, 15) is 5.11 Å². The number of nitrogens with zero attached hydrogens (tertiary/aromatic N) is 1. The van der Waals surface area contributed by atoms with Gasteiger partial charge in [-0.2, -0.15) is 0 Å². The van der Waals surface area contributed by atoms with E-state index in [1.54, 1.807) is 0 Å². The van der Waals surface area contributed by atoms with Gasteiger partial charge in [0.25, 0.3) is 0 Å². The van der Waals surface area contributed by atoms with E-state index in [0.29, 0.717) is 6.54 Å². The fourth-order valence-electron chi connectivity index (χ4n) is 1.99. The number of hydrogen-bond acceptors (Lipinski definition) is 3. The molecule has 1 aromatic carbocycles. The molecule has 0 unspecified atom stereocenters. The summed E-state index contributed by atoms with van der Waals surface area (Å²) in [6.07, 6.45) is 2.19. The number of guanidine groups is 1. The average molecular weight is 435 g/mol. The molecule has 1 aliphatic carbocycles. The molecule has 0 bridgehead atoms. The molecule has 1 aliphatic rings. The zero-order chi connectivity index (χ0) is 15.0. The van der Waals surface area contributed by atoms with Gasteiger partial charge >= 0.3 is 0 Å². The maximum absolute atomic E-state index is 9.33. The van der Waals surface area contributed by atoms with Crippen molar-refractivity contribution in [1.29, 1.82) is 0 Å². The average Bonchev–Trinajstić information content (AvgIpc) is 3.31. The van der Waals surface area contributed by atoms with Crippen molar-refractivity contribution in [2.75, 3.05) is 32.0 Å². The van der Waals surface area contributed by atoms with Gasteiger partial charge < -0.3 is 15.7 Å². The van der Waals surface area contributed by atoms with Gasteiger partial charge in [0.05, 0.1) is 13.2 Å². The van der Waals surface area contributed by atoms with E-state index in [2.05, 4.69) is 46.8 Å². The fourth-order valence-corrected chi connectivity index (χ4v) is 2.78. The van der Waals surface area contributed by atoms with Gasteiger partial charge in [-0.1, -0.05) is 18.2 Å². The summed E-state index contributed by atoms with van der Waals surface area (Å²) in [5.41, 5.74) is 0.0706. The minimum atomic E-state index is 0. The van der Waals surface area contributed by atoms with Gasteiger partial charge in [0, 0.05) is 29.2 Å². The molecule has 124 valence electrons. The summed E-state index contributed by atoms with van der Waals surface area (Å²) in [6.45, 7) is 4.75. The number of aliphatic hydroxyl groups is 1. The molecule has 2 rings (SSSR count). The van der Waals surface area contributed by atoms with Crippen molar-refractivity contribution in [3.8, 4) is 0 Å². The normalized spacial score (nSPS) is 15.8. The minimum Gasteiger partial charge on any atom is -0.396 e. The predicted molar refractivity (Wildman–Crippen MR) is 105 cm³/mol. The highest BCUT2D eigenvalue weighted by Gasteiger charge is 2.41. The standard InChI is InChI=1S/C16H25N3OS.HI/c1-2-17-15(19-12-16(13-20)8-9-16)18-10-11-21-14-6-4-3-5-7-14;/h3-7,20H,2,8-13H2,1H3,(H2,17,18,19);1H. The predicted octanol–water partition coefficient (Wildman–Crippen LogP) is 2.72. The Bertz CT molecular complexity index is 452. The highest BCUT2D eigenvalue weighted by atomic mass is 127. The Morgan fingerprint density at radius 3 is 2.59 bits per heavy atom. The number of aliphatic hydroxyl groups excluding tert-OH is 1. The van der Waals surface area contributed by atoms with Crippen LogP contribution in [0.5, 0.6) is 0 Å². The maximum Gasteiger partial charge on any atom is 0.191 e. The first-order chi connectivity index (χ1) is 10.3. The Morgan fingerprint density at radius 1 is 1.27 bits per heavy atom. The molecule has 0 radical (unpaired) electrons. The molecule has 1 saturated carbocycles. The Hall–Kier alpha value is -0.470. The first-order valence-corrected chi connectivity index (χ1v) is 8.57. The molecule has 1 fully saturated rings. The number of nitrogens with one attached hydrogen (secondary N) is 2. The smallest absolute Gasteiger partial charge is 0.191 e. The molecule has 0 spiro atoms. The van der Waals surface area contributed by atoms with E-state index in [1.807, 2.05) is 17.8 Å². The van der Waals surface area contributed by atoms with E-state index in [1.165, 1.54) is 4.90 Å². The Labute approximate surface area is 154 Å². The van der Waals surface area contributed by atoms with E-state index < -0.39 is 0 Å². The third kappa shape index (κ3) is 6.75. The summed E-state index contributed by atoms with van der Waals surface area (Å²) in [5, 5.41) is 15.9. The zero-order valence-electron chi connectivity index (χ0n) is 13.0. The van der Waals surface area contributed by atoms with E-state index >= 15 is 0 Å². The molecule has 0 saturated heterocycles. The van der Waals surface area contributed by atoms with Crippen LogP contribution in [0.4, 0.5) is 0 Å². The minimum absolute atomic E-state index is 0. The molecule has 0 aliphatic heterocycles. The summed E-state index contributed by atoms with van der Waals surface area (Å²) in [7, 11) is 0. The summed E-state index contributed by atoms with van der Waals surface area (Å²) in [6, 6.07) is 10.4. The van der Waals surface area contributed by atoms with Gasteiger partial charge in [-0.05, 0) is 31.9 Å². The van der Waals surface area contributed by atoms with E-state index in [4.69, 9.17) is 0 Å². The molecule has 0 heterocycles. The molecule has 0 atom stereocenters. The monoisotopic (exact) mass is 435 g/mol. The number of hydrogen-bond donors (Lipinski definition) is 3. The van der Waals surface area contributed by atoms with Gasteiger partial charge in [0.15, 0.2) is 5.96 Å². The van der Waals surface area contributed by atoms with E-state index in [0.717, 1.165) is 37.6 Å². The van der Waals surface area contributed by atoms with E-state index in [-0.39, 0.29) is 36.0 Å².